The zero-order valence-electron chi connectivity index (χ0n) is 11.8. The van der Waals surface area contributed by atoms with Crippen molar-refractivity contribution in [2.24, 2.45) is 0 Å². The molecule has 0 saturated heterocycles. The van der Waals surface area contributed by atoms with Gasteiger partial charge in [-0.25, -0.2) is 0 Å². The number of rotatable bonds is 3. The molecule has 0 atom stereocenters. The van der Waals surface area contributed by atoms with E-state index < -0.39 is 0 Å². The van der Waals surface area contributed by atoms with Gasteiger partial charge in [0.1, 0.15) is 5.75 Å². The SMILES string of the molecule is COc1cc(Cl)ccc1-c1noc(C2CCC(O)CC2)n1. The number of aliphatic hydroxyl groups excluding tert-OH is 1. The van der Waals surface area contributed by atoms with Crippen LogP contribution >= 0.6 is 11.6 Å². The van der Waals surface area contributed by atoms with Crippen molar-refractivity contribution in [1.29, 1.82) is 0 Å². The number of halogens is 1. The molecule has 1 N–H and O–H groups in total. The van der Waals surface area contributed by atoms with Gasteiger partial charge in [0.25, 0.3) is 0 Å². The number of methoxy groups -OCH3 is 1. The van der Waals surface area contributed by atoms with Crippen LogP contribution in [0.25, 0.3) is 11.4 Å². The number of aromatic nitrogens is 2. The molecule has 1 saturated carbocycles. The first-order valence-corrected chi connectivity index (χ1v) is 7.40. The van der Waals surface area contributed by atoms with Gasteiger partial charge in [-0.15, -0.1) is 0 Å². The van der Waals surface area contributed by atoms with Gasteiger partial charge in [0.05, 0.1) is 18.8 Å². The van der Waals surface area contributed by atoms with Gasteiger partial charge < -0.3 is 14.4 Å². The van der Waals surface area contributed by atoms with Crippen molar-refractivity contribution < 1.29 is 14.4 Å². The molecule has 1 heterocycles. The zero-order valence-corrected chi connectivity index (χ0v) is 12.5. The summed E-state index contributed by atoms with van der Waals surface area (Å²) >= 11 is 5.96. The summed E-state index contributed by atoms with van der Waals surface area (Å²) in [6.45, 7) is 0. The van der Waals surface area contributed by atoms with E-state index in [4.69, 9.17) is 20.9 Å². The second-order valence-electron chi connectivity index (χ2n) is 5.31. The average molecular weight is 309 g/mol. The quantitative estimate of drug-likeness (QED) is 0.941. The smallest absolute Gasteiger partial charge is 0.230 e. The third kappa shape index (κ3) is 3.04. The van der Waals surface area contributed by atoms with E-state index in [0.29, 0.717) is 22.5 Å². The first-order valence-electron chi connectivity index (χ1n) is 7.03. The lowest BCUT2D eigenvalue weighted by molar-refractivity contribution is 0.116. The van der Waals surface area contributed by atoms with Crippen molar-refractivity contribution in [2.75, 3.05) is 7.11 Å². The molecule has 0 radical (unpaired) electrons. The molecule has 6 heteroatoms. The predicted octanol–water partition coefficient (Wildman–Crippen LogP) is 3.42. The molecule has 0 amide bonds. The maximum atomic E-state index is 9.56. The van der Waals surface area contributed by atoms with Crippen molar-refractivity contribution in [3.63, 3.8) is 0 Å². The van der Waals surface area contributed by atoms with Crippen LogP contribution in [0.5, 0.6) is 5.75 Å². The molecule has 0 aliphatic heterocycles. The van der Waals surface area contributed by atoms with Crippen LogP contribution in [0.15, 0.2) is 22.7 Å². The van der Waals surface area contributed by atoms with Crippen molar-refractivity contribution in [3.05, 3.63) is 29.1 Å². The fraction of sp³-hybridized carbons (Fsp3) is 0.467. The largest absolute Gasteiger partial charge is 0.496 e. The molecule has 0 unspecified atom stereocenters. The molecule has 1 aliphatic carbocycles. The van der Waals surface area contributed by atoms with E-state index in [1.807, 2.05) is 6.07 Å². The Morgan fingerprint density at radius 1 is 1.29 bits per heavy atom. The Bertz CT molecular complexity index is 621. The van der Waals surface area contributed by atoms with Gasteiger partial charge in [0.2, 0.25) is 11.7 Å². The summed E-state index contributed by atoms with van der Waals surface area (Å²) in [5.41, 5.74) is 0.757. The highest BCUT2D eigenvalue weighted by Crippen LogP contribution is 2.35. The first-order chi connectivity index (χ1) is 10.2. The van der Waals surface area contributed by atoms with Gasteiger partial charge in [-0.2, -0.15) is 4.98 Å². The highest BCUT2D eigenvalue weighted by atomic mass is 35.5. The minimum absolute atomic E-state index is 0.194. The van der Waals surface area contributed by atoms with Crippen LogP contribution in [0, 0.1) is 0 Å². The minimum Gasteiger partial charge on any atom is -0.496 e. The molecule has 21 heavy (non-hydrogen) atoms. The Labute approximate surface area is 127 Å². The Morgan fingerprint density at radius 3 is 2.76 bits per heavy atom. The lowest BCUT2D eigenvalue weighted by Gasteiger charge is -2.22. The van der Waals surface area contributed by atoms with Crippen LogP contribution in [0.2, 0.25) is 5.02 Å². The van der Waals surface area contributed by atoms with Crippen LogP contribution < -0.4 is 4.74 Å². The third-order valence-electron chi connectivity index (χ3n) is 3.89. The summed E-state index contributed by atoms with van der Waals surface area (Å²) in [5, 5.41) is 14.2. The van der Waals surface area contributed by atoms with E-state index in [-0.39, 0.29) is 12.0 Å². The van der Waals surface area contributed by atoms with Crippen molar-refractivity contribution in [2.45, 2.75) is 37.7 Å². The molecular formula is C15H17ClN2O3. The molecule has 1 fully saturated rings. The summed E-state index contributed by atoms with van der Waals surface area (Å²) in [6, 6.07) is 5.32. The number of hydrogen-bond acceptors (Lipinski definition) is 5. The van der Waals surface area contributed by atoms with Gasteiger partial charge in [-0.1, -0.05) is 16.8 Å². The fourth-order valence-electron chi connectivity index (χ4n) is 2.68. The maximum Gasteiger partial charge on any atom is 0.230 e. The Kier molecular flexibility index (Phi) is 4.12. The summed E-state index contributed by atoms with van der Waals surface area (Å²) in [6.07, 6.45) is 3.13. The monoisotopic (exact) mass is 308 g/mol. The molecule has 0 bridgehead atoms. The maximum absolute atomic E-state index is 9.56. The number of aliphatic hydroxyl groups is 1. The van der Waals surface area contributed by atoms with Gasteiger partial charge >= 0.3 is 0 Å². The highest BCUT2D eigenvalue weighted by Gasteiger charge is 2.26. The van der Waals surface area contributed by atoms with E-state index in [1.54, 1.807) is 19.2 Å². The minimum atomic E-state index is -0.194. The van der Waals surface area contributed by atoms with E-state index in [9.17, 15) is 5.11 Å². The first kappa shape index (κ1) is 14.4. The molecule has 1 aromatic heterocycles. The van der Waals surface area contributed by atoms with Gasteiger partial charge in [-0.3, -0.25) is 0 Å². The van der Waals surface area contributed by atoms with Crippen molar-refractivity contribution in [3.8, 4) is 17.1 Å². The Morgan fingerprint density at radius 2 is 2.05 bits per heavy atom. The summed E-state index contributed by atoms with van der Waals surface area (Å²) in [7, 11) is 1.58. The lowest BCUT2D eigenvalue weighted by Crippen LogP contribution is -2.17. The fourth-order valence-corrected chi connectivity index (χ4v) is 2.85. The number of ether oxygens (including phenoxy) is 1. The van der Waals surface area contributed by atoms with Crippen LogP contribution in [-0.4, -0.2) is 28.5 Å². The topological polar surface area (TPSA) is 68.4 Å². The number of hydrogen-bond donors (Lipinski definition) is 1. The number of benzene rings is 1. The summed E-state index contributed by atoms with van der Waals surface area (Å²) in [4.78, 5) is 4.48. The molecule has 2 aromatic rings. The molecule has 3 rings (SSSR count). The normalized spacial score (nSPS) is 22.2. The second-order valence-corrected chi connectivity index (χ2v) is 5.74. The van der Waals surface area contributed by atoms with Crippen LogP contribution in [-0.2, 0) is 0 Å². The number of nitrogens with zero attached hydrogens (tertiary/aromatic N) is 2. The van der Waals surface area contributed by atoms with Crippen LogP contribution in [0.3, 0.4) is 0 Å². The third-order valence-corrected chi connectivity index (χ3v) is 4.13. The Hall–Kier alpha value is -1.59. The van der Waals surface area contributed by atoms with E-state index in [0.717, 1.165) is 31.2 Å². The second kappa shape index (κ2) is 6.03. The van der Waals surface area contributed by atoms with E-state index in [1.165, 1.54) is 0 Å². The standard InChI is InChI=1S/C15H17ClN2O3/c1-20-13-8-10(16)4-7-12(13)14-17-15(21-18-14)9-2-5-11(19)6-3-9/h4,7-9,11,19H,2-3,5-6H2,1H3. The van der Waals surface area contributed by atoms with Crippen LogP contribution in [0.1, 0.15) is 37.5 Å². The van der Waals surface area contributed by atoms with E-state index in [2.05, 4.69) is 10.1 Å². The predicted molar refractivity (Wildman–Crippen MR) is 78.5 cm³/mol. The van der Waals surface area contributed by atoms with Gasteiger partial charge in [0.15, 0.2) is 0 Å². The van der Waals surface area contributed by atoms with Crippen molar-refractivity contribution in [1.82, 2.24) is 10.1 Å². The Balaban J connectivity index is 1.85. The van der Waals surface area contributed by atoms with Gasteiger partial charge in [-0.05, 0) is 43.9 Å². The van der Waals surface area contributed by atoms with Crippen LogP contribution in [0.4, 0.5) is 0 Å². The molecule has 112 valence electrons. The summed E-state index contributed by atoms with van der Waals surface area (Å²) in [5.74, 6) is 1.99. The molecule has 5 nitrogen and oxygen atoms in total. The molecular weight excluding hydrogens is 292 g/mol. The van der Waals surface area contributed by atoms with Gasteiger partial charge in [0, 0.05) is 10.9 Å². The molecule has 0 spiro atoms. The van der Waals surface area contributed by atoms with Crippen molar-refractivity contribution >= 4 is 11.6 Å². The van der Waals surface area contributed by atoms with E-state index >= 15 is 0 Å². The molecule has 1 aromatic carbocycles. The highest BCUT2D eigenvalue weighted by molar-refractivity contribution is 6.30. The summed E-state index contributed by atoms with van der Waals surface area (Å²) < 4.78 is 10.7. The lowest BCUT2D eigenvalue weighted by atomic mass is 9.87. The average Bonchev–Trinajstić information content (AvgIpc) is 2.97. The molecule has 1 aliphatic rings. The zero-order chi connectivity index (χ0) is 14.8.